The number of ether oxygens (including phenoxy) is 1. The van der Waals surface area contributed by atoms with Gasteiger partial charge in [-0.2, -0.15) is 0 Å². The van der Waals surface area contributed by atoms with Crippen molar-refractivity contribution in [2.45, 2.75) is 24.8 Å². The highest BCUT2D eigenvalue weighted by Crippen LogP contribution is 2.25. The fraction of sp³-hybridized carbons (Fsp3) is 0.263. The average molecular weight is 358 g/mol. The molecule has 2 N–H and O–H groups in total. The number of methoxy groups -OCH3 is 1. The van der Waals surface area contributed by atoms with Gasteiger partial charge in [0, 0.05) is 23.1 Å². The normalized spacial score (nSPS) is 11.5. The number of amides is 2. The van der Waals surface area contributed by atoms with Crippen LogP contribution in [0.1, 0.15) is 25.5 Å². The molecule has 2 rings (SSSR count). The molecule has 25 heavy (non-hydrogen) atoms. The van der Waals surface area contributed by atoms with Crippen molar-refractivity contribution in [3.05, 3.63) is 54.1 Å². The summed E-state index contributed by atoms with van der Waals surface area (Å²) < 4.78 is 5.33. The lowest BCUT2D eigenvalue weighted by molar-refractivity contribution is -0.119. The lowest BCUT2D eigenvalue weighted by Crippen LogP contribution is -2.28. The molecule has 0 heterocycles. The molecule has 5 nitrogen and oxygen atoms in total. The molecule has 0 spiro atoms. The van der Waals surface area contributed by atoms with Crippen molar-refractivity contribution in [2.24, 2.45) is 0 Å². The molecule has 2 amide bonds. The molecule has 0 aliphatic heterocycles. The van der Waals surface area contributed by atoms with Crippen molar-refractivity contribution >= 4 is 29.3 Å². The van der Waals surface area contributed by atoms with E-state index in [4.69, 9.17) is 4.74 Å². The van der Waals surface area contributed by atoms with Crippen LogP contribution in [-0.4, -0.2) is 24.7 Å². The summed E-state index contributed by atoms with van der Waals surface area (Å²) in [7, 11) is 1.62. The number of anilines is 1. The third-order valence-corrected chi connectivity index (χ3v) is 4.54. The van der Waals surface area contributed by atoms with Gasteiger partial charge >= 0.3 is 0 Å². The molecule has 0 saturated heterocycles. The van der Waals surface area contributed by atoms with Crippen molar-refractivity contribution < 1.29 is 14.3 Å². The highest BCUT2D eigenvalue weighted by molar-refractivity contribution is 8.00. The van der Waals surface area contributed by atoms with E-state index < -0.39 is 0 Å². The molecule has 0 aliphatic carbocycles. The monoisotopic (exact) mass is 358 g/mol. The Morgan fingerprint density at radius 1 is 1.12 bits per heavy atom. The molecule has 0 aromatic heterocycles. The Morgan fingerprint density at radius 3 is 2.44 bits per heavy atom. The van der Waals surface area contributed by atoms with Crippen molar-refractivity contribution in [3.8, 4) is 5.75 Å². The van der Waals surface area contributed by atoms with Crippen LogP contribution in [0.5, 0.6) is 5.75 Å². The van der Waals surface area contributed by atoms with E-state index in [0.717, 1.165) is 21.9 Å². The van der Waals surface area contributed by atoms with Gasteiger partial charge in [-0.1, -0.05) is 18.2 Å². The summed E-state index contributed by atoms with van der Waals surface area (Å²) in [6, 6.07) is 14.9. The second-order valence-corrected chi connectivity index (χ2v) is 6.57. The third kappa shape index (κ3) is 5.83. The Kier molecular flexibility index (Phi) is 6.89. The third-order valence-electron chi connectivity index (χ3n) is 3.53. The van der Waals surface area contributed by atoms with Crippen molar-refractivity contribution in [2.75, 3.05) is 18.2 Å². The summed E-state index contributed by atoms with van der Waals surface area (Å²) >= 11 is 1.45. The van der Waals surface area contributed by atoms with Crippen molar-refractivity contribution in [1.82, 2.24) is 5.32 Å². The van der Waals surface area contributed by atoms with Gasteiger partial charge in [0.2, 0.25) is 11.8 Å². The molecule has 1 unspecified atom stereocenters. The van der Waals surface area contributed by atoms with E-state index in [0.29, 0.717) is 5.75 Å². The van der Waals surface area contributed by atoms with Crippen LogP contribution in [0.25, 0.3) is 0 Å². The number of para-hydroxylation sites is 1. The number of carbonyl (C=O) groups is 2. The van der Waals surface area contributed by atoms with Gasteiger partial charge in [-0.15, -0.1) is 11.8 Å². The molecule has 6 heteroatoms. The summed E-state index contributed by atoms with van der Waals surface area (Å²) in [5, 5.41) is 5.69. The first kappa shape index (κ1) is 18.9. The fourth-order valence-corrected chi connectivity index (χ4v) is 3.08. The van der Waals surface area contributed by atoms with Gasteiger partial charge in [-0.05, 0) is 37.3 Å². The zero-order valence-electron chi connectivity index (χ0n) is 14.5. The minimum Gasteiger partial charge on any atom is -0.496 e. The van der Waals surface area contributed by atoms with E-state index >= 15 is 0 Å². The number of nitrogens with one attached hydrogen (secondary N) is 2. The van der Waals surface area contributed by atoms with Gasteiger partial charge in [0.1, 0.15) is 5.75 Å². The van der Waals surface area contributed by atoms with Gasteiger partial charge in [0.15, 0.2) is 0 Å². The van der Waals surface area contributed by atoms with Gasteiger partial charge in [0.25, 0.3) is 0 Å². The minimum absolute atomic E-state index is 0.0469. The van der Waals surface area contributed by atoms with E-state index in [1.807, 2.05) is 55.5 Å². The molecule has 2 aromatic rings. The minimum atomic E-state index is -0.133. The first-order valence-corrected chi connectivity index (χ1v) is 8.91. The predicted molar refractivity (Wildman–Crippen MR) is 101 cm³/mol. The number of benzene rings is 2. The number of hydrogen-bond acceptors (Lipinski definition) is 4. The molecule has 0 aliphatic rings. The highest BCUT2D eigenvalue weighted by atomic mass is 32.2. The van der Waals surface area contributed by atoms with Gasteiger partial charge in [-0.25, -0.2) is 0 Å². The maximum absolute atomic E-state index is 12.2. The maximum atomic E-state index is 12.2. The van der Waals surface area contributed by atoms with E-state index in [1.165, 1.54) is 18.7 Å². The lowest BCUT2D eigenvalue weighted by atomic mass is 10.1. The van der Waals surface area contributed by atoms with Gasteiger partial charge < -0.3 is 15.4 Å². The standard InChI is InChI=1S/C19H22N2O3S/c1-13(17-6-4-5-7-18(17)24-3)20-19(23)12-25-16-10-8-15(9-11-16)21-14(2)22/h4-11,13H,12H2,1-3H3,(H,20,23)(H,21,22). The van der Waals surface area contributed by atoms with E-state index in [9.17, 15) is 9.59 Å². The molecular weight excluding hydrogens is 336 g/mol. The Hall–Kier alpha value is -2.47. The summed E-state index contributed by atoms with van der Waals surface area (Å²) in [6.45, 7) is 3.40. The molecule has 1 atom stereocenters. The van der Waals surface area contributed by atoms with Crippen LogP contribution in [0.2, 0.25) is 0 Å². The van der Waals surface area contributed by atoms with Crippen molar-refractivity contribution in [3.63, 3.8) is 0 Å². The first-order valence-electron chi connectivity index (χ1n) is 7.92. The van der Waals surface area contributed by atoms with Gasteiger partial charge in [-0.3, -0.25) is 9.59 Å². The second-order valence-electron chi connectivity index (χ2n) is 5.53. The Bertz CT molecular complexity index is 732. The second kappa shape index (κ2) is 9.13. The van der Waals surface area contributed by atoms with Crippen molar-refractivity contribution in [1.29, 1.82) is 0 Å². The highest BCUT2D eigenvalue weighted by Gasteiger charge is 2.13. The molecule has 0 bridgehead atoms. The predicted octanol–water partition coefficient (Wildman–Crippen LogP) is 3.62. The van der Waals surface area contributed by atoms with Gasteiger partial charge in [0.05, 0.1) is 18.9 Å². The van der Waals surface area contributed by atoms with Crippen LogP contribution >= 0.6 is 11.8 Å². The van der Waals surface area contributed by atoms with Crippen LogP contribution in [0, 0.1) is 0 Å². The molecule has 0 saturated carbocycles. The molecule has 132 valence electrons. The maximum Gasteiger partial charge on any atom is 0.230 e. The quantitative estimate of drug-likeness (QED) is 0.742. The Balaban J connectivity index is 1.87. The Morgan fingerprint density at radius 2 is 1.80 bits per heavy atom. The van der Waals surface area contributed by atoms with Crippen LogP contribution in [0.3, 0.4) is 0 Å². The largest absolute Gasteiger partial charge is 0.496 e. The van der Waals surface area contributed by atoms with E-state index in [1.54, 1.807) is 7.11 Å². The number of hydrogen-bond donors (Lipinski definition) is 2. The molecular formula is C19H22N2O3S. The SMILES string of the molecule is COc1ccccc1C(C)NC(=O)CSc1ccc(NC(C)=O)cc1. The number of thioether (sulfide) groups is 1. The van der Waals surface area contributed by atoms with Crippen LogP contribution in [0.4, 0.5) is 5.69 Å². The summed E-state index contributed by atoms with van der Waals surface area (Å²) in [5.41, 5.74) is 1.69. The smallest absolute Gasteiger partial charge is 0.230 e. The lowest BCUT2D eigenvalue weighted by Gasteiger charge is -2.17. The van der Waals surface area contributed by atoms with Crippen LogP contribution in [0.15, 0.2) is 53.4 Å². The van der Waals surface area contributed by atoms with Crippen LogP contribution < -0.4 is 15.4 Å². The molecule has 0 radical (unpaired) electrons. The zero-order valence-corrected chi connectivity index (χ0v) is 15.4. The Labute approximate surface area is 152 Å². The first-order chi connectivity index (χ1) is 12.0. The number of carbonyl (C=O) groups excluding carboxylic acids is 2. The van der Waals surface area contributed by atoms with E-state index in [-0.39, 0.29) is 17.9 Å². The zero-order chi connectivity index (χ0) is 18.2. The van der Waals surface area contributed by atoms with E-state index in [2.05, 4.69) is 10.6 Å². The molecule has 0 fully saturated rings. The van der Waals surface area contributed by atoms with Crippen LogP contribution in [-0.2, 0) is 9.59 Å². The molecule has 2 aromatic carbocycles. The number of rotatable bonds is 7. The topological polar surface area (TPSA) is 67.4 Å². The summed E-state index contributed by atoms with van der Waals surface area (Å²) in [4.78, 5) is 24.1. The average Bonchev–Trinajstić information content (AvgIpc) is 2.60. The summed E-state index contributed by atoms with van der Waals surface area (Å²) in [5.74, 6) is 0.926. The summed E-state index contributed by atoms with van der Waals surface area (Å²) in [6.07, 6.45) is 0. The fourth-order valence-electron chi connectivity index (χ4n) is 2.37.